The van der Waals surface area contributed by atoms with Crippen molar-refractivity contribution in [3.63, 3.8) is 0 Å². The van der Waals surface area contributed by atoms with Crippen molar-refractivity contribution < 1.29 is 9.53 Å². The van der Waals surface area contributed by atoms with Crippen molar-refractivity contribution in [2.24, 2.45) is 5.92 Å². The van der Waals surface area contributed by atoms with Crippen LogP contribution in [0.15, 0.2) is 12.2 Å². The second-order valence-electron chi connectivity index (χ2n) is 2.54. The quantitative estimate of drug-likeness (QED) is 0.446. The van der Waals surface area contributed by atoms with Crippen molar-refractivity contribution in [3.05, 3.63) is 18.6 Å². The fourth-order valence-corrected chi connectivity index (χ4v) is 1.12. The van der Waals surface area contributed by atoms with Crippen LogP contribution in [0.3, 0.4) is 0 Å². The maximum atomic E-state index is 11.1. The van der Waals surface area contributed by atoms with E-state index in [-0.39, 0.29) is 11.9 Å². The second kappa shape index (κ2) is 4.16. The summed E-state index contributed by atoms with van der Waals surface area (Å²) in [6, 6.07) is 0. The van der Waals surface area contributed by atoms with E-state index in [9.17, 15) is 4.79 Å². The van der Waals surface area contributed by atoms with E-state index >= 15 is 0 Å². The molecule has 0 heterocycles. The Morgan fingerprint density at radius 2 is 2.45 bits per heavy atom. The van der Waals surface area contributed by atoms with Gasteiger partial charge in [-0.2, -0.15) is 0 Å². The van der Waals surface area contributed by atoms with Gasteiger partial charge in [-0.15, -0.1) is 0 Å². The number of rotatable bonds is 2. The molecule has 0 fully saturated rings. The van der Waals surface area contributed by atoms with Gasteiger partial charge in [0.25, 0.3) is 0 Å². The summed E-state index contributed by atoms with van der Waals surface area (Å²) in [4.78, 5) is 11.1. The molecule has 0 N–H and O–H groups in total. The summed E-state index contributed by atoms with van der Waals surface area (Å²) in [6.45, 7) is 2.31. The Morgan fingerprint density at radius 3 is 3.00 bits per heavy atom. The highest BCUT2D eigenvalue weighted by molar-refractivity contribution is 5.74. The van der Waals surface area contributed by atoms with E-state index in [1.165, 1.54) is 0 Å². The van der Waals surface area contributed by atoms with Crippen LogP contribution in [0.2, 0.25) is 0 Å². The molecule has 2 nitrogen and oxygen atoms in total. The summed E-state index contributed by atoms with van der Waals surface area (Å²) in [5, 5.41) is 0. The minimum Gasteiger partial charge on any atom is -0.466 e. The van der Waals surface area contributed by atoms with Gasteiger partial charge in [0, 0.05) is 0 Å². The number of carbonyl (C=O) groups is 1. The maximum Gasteiger partial charge on any atom is 0.309 e. The van der Waals surface area contributed by atoms with E-state index in [0.717, 1.165) is 12.8 Å². The summed E-state index contributed by atoms with van der Waals surface area (Å²) in [7, 11) is 0. The van der Waals surface area contributed by atoms with E-state index in [0.29, 0.717) is 6.61 Å². The standard InChI is InChI=1S/C9H13O2/c1-2-11-9(10)8-6-4-3-5-7-8/h3-4,7-8H,2,5-6H2,1H3. The van der Waals surface area contributed by atoms with E-state index in [1.807, 2.05) is 19.4 Å². The van der Waals surface area contributed by atoms with Crippen LogP contribution >= 0.6 is 0 Å². The number of hydrogen-bond donors (Lipinski definition) is 0. The number of hydrogen-bond acceptors (Lipinski definition) is 2. The average molecular weight is 153 g/mol. The summed E-state index contributed by atoms with van der Waals surface area (Å²) >= 11 is 0. The van der Waals surface area contributed by atoms with Crippen LogP contribution in [0.25, 0.3) is 0 Å². The molecule has 0 aliphatic heterocycles. The highest BCUT2D eigenvalue weighted by Crippen LogP contribution is 2.17. The third kappa shape index (κ3) is 2.37. The summed E-state index contributed by atoms with van der Waals surface area (Å²) in [5.74, 6) is -0.0863. The molecule has 1 rings (SSSR count). The molecule has 0 amide bonds. The summed E-state index contributed by atoms with van der Waals surface area (Å²) < 4.78 is 4.88. The van der Waals surface area contributed by atoms with Gasteiger partial charge in [0.1, 0.15) is 0 Å². The fraction of sp³-hybridized carbons (Fsp3) is 0.556. The number of esters is 1. The minimum atomic E-state index is -0.0862. The first-order valence-electron chi connectivity index (χ1n) is 3.99. The zero-order valence-corrected chi connectivity index (χ0v) is 6.75. The monoisotopic (exact) mass is 153 g/mol. The molecule has 0 spiro atoms. The molecule has 1 radical (unpaired) electrons. The lowest BCUT2D eigenvalue weighted by atomic mass is 9.95. The topological polar surface area (TPSA) is 26.3 Å². The molecule has 0 aromatic carbocycles. The Labute approximate surface area is 67.2 Å². The fourth-order valence-electron chi connectivity index (χ4n) is 1.12. The molecule has 0 saturated carbocycles. The molecule has 1 aliphatic rings. The molecule has 2 heteroatoms. The average Bonchev–Trinajstić information content (AvgIpc) is 2.07. The molecule has 0 aromatic heterocycles. The van der Waals surface area contributed by atoms with Crippen molar-refractivity contribution in [2.45, 2.75) is 19.8 Å². The van der Waals surface area contributed by atoms with Crippen LogP contribution in [-0.4, -0.2) is 12.6 Å². The van der Waals surface area contributed by atoms with Crippen LogP contribution in [0, 0.1) is 12.3 Å². The molecule has 1 aliphatic carbocycles. The molecule has 1 atom stereocenters. The van der Waals surface area contributed by atoms with Crippen molar-refractivity contribution in [1.82, 2.24) is 0 Å². The van der Waals surface area contributed by atoms with Crippen molar-refractivity contribution in [2.75, 3.05) is 6.61 Å². The summed E-state index contributed by atoms with van der Waals surface area (Å²) in [5.41, 5.74) is 0. The highest BCUT2D eigenvalue weighted by Gasteiger charge is 2.19. The van der Waals surface area contributed by atoms with Gasteiger partial charge < -0.3 is 4.74 Å². The third-order valence-corrected chi connectivity index (χ3v) is 1.70. The predicted molar refractivity (Wildman–Crippen MR) is 42.8 cm³/mol. The Hall–Kier alpha value is -0.790. The van der Waals surface area contributed by atoms with Gasteiger partial charge in [-0.25, -0.2) is 0 Å². The van der Waals surface area contributed by atoms with E-state index < -0.39 is 0 Å². The molecular formula is C9H13O2. The van der Waals surface area contributed by atoms with Gasteiger partial charge >= 0.3 is 5.97 Å². The first kappa shape index (κ1) is 8.31. The zero-order valence-electron chi connectivity index (χ0n) is 6.75. The molecule has 11 heavy (non-hydrogen) atoms. The van der Waals surface area contributed by atoms with Gasteiger partial charge in [-0.3, -0.25) is 4.79 Å². The van der Waals surface area contributed by atoms with Crippen LogP contribution in [0.1, 0.15) is 19.8 Å². The van der Waals surface area contributed by atoms with Crippen LogP contribution in [0.5, 0.6) is 0 Å². The lowest BCUT2D eigenvalue weighted by molar-refractivity contribution is -0.146. The zero-order chi connectivity index (χ0) is 8.10. The Bertz CT molecular complexity index is 161. The normalized spacial score (nSPS) is 23.2. The van der Waals surface area contributed by atoms with Crippen LogP contribution in [-0.2, 0) is 9.53 Å². The van der Waals surface area contributed by atoms with E-state index in [1.54, 1.807) is 0 Å². The molecule has 1 unspecified atom stereocenters. The highest BCUT2D eigenvalue weighted by atomic mass is 16.5. The smallest absolute Gasteiger partial charge is 0.309 e. The Balaban J connectivity index is 2.34. The largest absolute Gasteiger partial charge is 0.466 e. The lowest BCUT2D eigenvalue weighted by Crippen LogP contribution is -2.18. The van der Waals surface area contributed by atoms with Gasteiger partial charge in [0.05, 0.1) is 12.5 Å². The molecule has 61 valence electrons. The van der Waals surface area contributed by atoms with Gasteiger partial charge in [-0.1, -0.05) is 12.2 Å². The minimum absolute atomic E-state index is 0.0000463. The van der Waals surface area contributed by atoms with Gasteiger partial charge in [-0.05, 0) is 26.2 Å². The molecular weight excluding hydrogens is 140 g/mol. The second-order valence-corrected chi connectivity index (χ2v) is 2.54. The summed E-state index contributed by atoms with van der Waals surface area (Å²) in [6.07, 6.45) is 7.79. The molecule has 0 bridgehead atoms. The first-order chi connectivity index (χ1) is 5.34. The van der Waals surface area contributed by atoms with E-state index in [2.05, 4.69) is 6.08 Å². The van der Waals surface area contributed by atoms with Crippen LogP contribution < -0.4 is 0 Å². The van der Waals surface area contributed by atoms with Gasteiger partial charge in [0.15, 0.2) is 0 Å². The van der Waals surface area contributed by atoms with E-state index in [4.69, 9.17) is 4.74 Å². The Morgan fingerprint density at radius 1 is 1.64 bits per heavy atom. The third-order valence-electron chi connectivity index (χ3n) is 1.70. The number of ether oxygens (including phenoxy) is 1. The number of allylic oxidation sites excluding steroid dienone is 2. The molecule has 0 saturated heterocycles. The predicted octanol–water partition coefficient (Wildman–Crippen LogP) is 1.72. The van der Waals surface area contributed by atoms with Gasteiger partial charge in [0.2, 0.25) is 0 Å². The van der Waals surface area contributed by atoms with Crippen molar-refractivity contribution >= 4 is 5.97 Å². The van der Waals surface area contributed by atoms with Crippen molar-refractivity contribution in [3.8, 4) is 0 Å². The SMILES string of the molecule is CCOC(=O)C1[CH]CC=CC1. The van der Waals surface area contributed by atoms with Crippen molar-refractivity contribution in [1.29, 1.82) is 0 Å². The number of carbonyl (C=O) groups excluding carboxylic acids is 1. The molecule has 0 aromatic rings. The first-order valence-corrected chi connectivity index (χ1v) is 3.99. The Kier molecular flexibility index (Phi) is 3.14. The lowest BCUT2D eigenvalue weighted by Gasteiger charge is -2.14. The maximum absolute atomic E-state index is 11.1. The van der Waals surface area contributed by atoms with Crippen LogP contribution in [0.4, 0.5) is 0 Å².